The van der Waals surface area contributed by atoms with Crippen molar-refractivity contribution in [1.82, 2.24) is 19.9 Å². The zero-order chi connectivity index (χ0) is 23.8. The Morgan fingerprint density at radius 1 is 1.34 bits per heavy atom. The predicted octanol–water partition coefficient (Wildman–Crippen LogP) is 0.897. The van der Waals surface area contributed by atoms with Crippen molar-refractivity contribution in [3.8, 4) is 0 Å². The van der Waals surface area contributed by atoms with Crippen LogP contribution in [0.15, 0.2) is 15.7 Å². The summed E-state index contributed by atoms with van der Waals surface area (Å²) in [5.41, 5.74) is 5.60. The third-order valence-electron chi connectivity index (χ3n) is 5.93. The van der Waals surface area contributed by atoms with E-state index in [9.17, 15) is 27.6 Å². The lowest BCUT2D eigenvalue weighted by atomic mass is 9.80. The number of carboxylic acids is 1. The molecule has 0 aromatic carbocycles. The lowest BCUT2D eigenvalue weighted by molar-refractivity contribution is -0.192. The summed E-state index contributed by atoms with van der Waals surface area (Å²) >= 11 is 0. The first-order valence-corrected chi connectivity index (χ1v) is 9.84. The van der Waals surface area contributed by atoms with Gasteiger partial charge in [0, 0.05) is 13.1 Å². The number of aromatic nitrogens is 3. The van der Waals surface area contributed by atoms with E-state index in [4.69, 9.17) is 15.6 Å². The Morgan fingerprint density at radius 3 is 2.59 bits per heavy atom. The van der Waals surface area contributed by atoms with Crippen molar-refractivity contribution in [2.75, 3.05) is 13.1 Å². The number of alkyl halides is 3. The van der Waals surface area contributed by atoms with Gasteiger partial charge in [0.1, 0.15) is 11.3 Å². The van der Waals surface area contributed by atoms with Crippen molar-refractivity contribution in [1.29, 1.82) is 0 Å². The summed E-state index contributed by atoms with van der Waals surface area (Å²) in [6.45, 7) is 2.87. The molecular weight excluding hydrogens is 435 g/mol. The van der Waals surface area contributed by atoms with Gasteiger partial charge in [-0.15, -0.1) is 0 Å². The Hall–Kier alpha value is -3.22. The number of amides is 1. The number of nitrogens with one attached hydrogen (secondary N) is 2. The molecule has 2 aromatic heterocycles. The van der Waals surface area contributed by atoms with Crippen LogP contribution in [0.2, 0.25) is 0 Å². The number of nitrogens with zero attached hydrogens (tertiary/aromatic N) is 2. The van der Waals surface area contributed by atoms with Crippen LogP contribution >= 0.6 is 0 Å². The van der Waals surface area contributed by atoms with Gasteiger partial charge >= 0.3 is 17.8 Å². The van der Waals surface area contributed by atoms with Crippen LogP contribution in [-0.4, -0.2) is 61.6 Å². The van der Waals surface area contributed by atoms with Gasteiger partial charge in [0.25, 0.3) is 11.5 Å². The summed E-state index contributed by atoms with van der Waals surface area (Å²) in [5, 5.41) is 7.42. The van der Waals surface area contributed by atoms with Gasteiger partial charge in [-0.25, -0.2) is 14.6 Å². The third-order valence-corrected chi connectivity index (χ3v) is 5.93. The SMILES string of the molecule is Cc1cc(C(=O)N2CC3CCCC2(CN)C3)nc2[nH]c(=O)[nH]c(=O)c12.O=C(O)C(F)(F)F. The van der Waals surface area contributed by atoms with Crippen molar-refractivity contribution >= 4 is 22.9 Å². The highest BCUT2D eigenvalue weighted by atomic mass is 19.4. The zero-order valence-corrected chi connectivity index (χ0v) is 17.1. The summed E-state index contributed by atoms with van der Waals surface area (Å²) in [6.07, 6.45) is -1.02. The molecule has 2 atom stereocenters. The molecule has 3 heterocycles. The number of hydrogen-bond donors (Lipinski definition) is 4. The number of H-pyrrole nitrogens is 2. The first-order valence-electron chi connectivity index (χ1n) is 9.84. The van der Waals surface area contributed by atoms with Crippen LogP contribution < -0.4 is 17.0 Å². The summed E-state index contributed by atoms with van der Waals surface area (Å²) in [4.78, 5) is 56.4. The minimum Gasteiger partial charge on any atom is -0.475 e. The minimum absolute atomic E-state index is 0.140. The molecule has 4 rings (SSSR count). The molecule has 13 heteroatoms. The molecule has 1 saturated carbocycles. The van der Waals surface area contributed by atoms with Crippen molar-refractivity contribution in [3.63, 3.8) is 0 Å². The largest absolute Gasteiger partial charge is 0.490 e. The molecule has 2 unspecified atom stereocenters. The third kappa shape index (κ3) is 4.38. The average Bonchev–Trinajstić information content (AvgIpc) is 2.96. The van der Waals surface area contributed by atoms with Gasteiger partial charge in [0.05, 0.1) is 10.9 Å². The smallest absolute Gasteiger partial charge is 0.475 e. The second kappa shape index (κ2) is 8.37. The molecule has 0 radical (unpaired) electrons. The number of nitrogens with two attached hydrogens (primary N) is 1. The number of aromatic amines is 2. The van der Waals surface area contributed by atoms with Gasteiger partial charge in [-0.3, -0.25) is 19.6 Å². The first-order chi connectivity index (χ1) is 14.9. The fourth-order valence-corrected chi connectivity index (χ4v) is 4.51. The van der Waals surface area contributed by atoms with E-state index in [0.29, 0.717) is 30.0 Å². The molecule has 1 aliphatic carbocycles. The summed E-state index contributed by atoms with van der Waals surface area (Å²) < 4.78 is 31.7. The number of likely N-dealkylation sites (tertiary alicyclic amines) is 1. The van der Waals surface area contributed by atoms with Crippen LogP contribution in [0.1, 0.15) is 41.7 Å². The second-order valence-electron chi connectivity index (χ2n) is 8.07. The quantitative estimate of drug-likeness (QED) is 0.521. The Morgan fingerprint density at radius 2 is 2.00 bits per heavy atom. The maximum absolute atomic E-state index is 13.1. The molecule has 0 spiro atoms. The molecule has 2 fully saturated rings. The van der Waals surface area contributed by atoms with Gasteiger partial charge in [0.2, 0.25) is 0 Å². The van der Waals surface area contributed by atoms with Gasteiger partial charge < -0.3 is 15.7 Å². The van der Waals surface area contributed by atoms with Crippen molar-refractivity contribution < 1.29 is 27.9 Å². The first kappa shape index (κ1) is 23.4. The molecule has 1 amide bonds. The molecule has 32 heavy (non-hydrogen) atoms. The molecule has 2 aromatic rings. The molecule has 10 nitrogen and oxygen atoms in total. The lowest BCUT2D eigenvalue weighted by Crippen LogP contribution is -2.52. The van der Waals surface area contributed by atoms with E-state index in [1.807, 2.05) is 4.90 Å². The van der Waals surface area contributed by atoms with Crippen LogP contribution in [0.25, 0.3) is 11.0 Å². The number of rotatable bonds is 2. The van der Waals surface area contributed by atoms with Gasteiger partial charge in [-0.1, -0.05) is 6.42 Å². The maximum atomic E-state index is 13.1. The van der Waals surface area contributed by atoms with Gasteiger partial charge in [-0.05, 0) is 43.7 Å². The van der Waals surface area contributed by atoms with Crippen molar-refractivity contribution in [3.05, 3.63) is 38.2 Å². The van der Waals surface area contributed by atoms with Crippen molar-refractivity contribution in [2.45, 2.75) is 44.3 Å². The zero-order valence-electron chi connectivity index (χ0n) is 17.1. The Balaban J connectivity index is 0.000000360. The van der Waals surface area contributed by atoms with Crippen LogP contribution in [-0.2, 0) is 4.79 Å². The van der Waals surface area contributed by atoms with E-state index in [0.717, 1.165) is 25.7 Å². The topological polar surface area (TPSA) is 162 Å². The number of aliphatic carboxylic acids is 1. The van der Waals surface area contributed by atoms with E-state index in [1.54, 1.807) is 13.0 Å². The van der Waals surface area contributed by atoms with E-state index >= 15 is 0 Å². The van der Waals surface area contributed by atoms with E-state index in [2.05, 4.69) is 15.0 Å². The Bertz CT molecular complexity index is 1170. The van der Waals surface area contributed by atoms with E-state index < -0.39 is 23.4 Å². The van der Waals surface area contributed by atoms with Gasteiger partial charge in [0.15, 0.2) is 0 Å². The molecular formula is C19H22F3N5O5. The highest BCUT2D eigenvalue weighted by Gasteiger charge is 2.49. The van der Waals surface area contributed by atoms with Crippen LogP contribution in [0.5, 0.6) is 0 Å². The summed E-state index contributed by atoms with van der Waals surface area (Å²) in [6, 6.07) is 1.62. The fraction of sp³-hybridized carbons (Fsp3) is 0.526. The number of hydrogen-bond acceptors (Lipinski definition) is 6. The van der Waals surface area contributed by atoms with Gasteiger partial charge in [-0.2, -0.15) is 13.2 Å². The highest BCUT2D eigenvalue weighted by Crippen LogP contribution is 2.44. The number of carbonyl (C=O) groups excluding carboxylic acids is 1. The lowest BCUT2D eigenvalue weighted by Gasteiger charge is -2.38. The minimum atomic E-state index is -5.08. The highest BCUT2D eigenvalue weighted by molar-refractivity contribution is 5.95. The maximum Gasteiger partial charge on any atom is 0.490 e. The molecule has 2 aliphatic rings. The van der Waals surface area contributed by atoms with Crippen LogP contribution in [0.3, 0.4) is 0 Å². The normalized spacial score (nSPS) is 22.4. The van der Waals surface area contributed by atoms with E-state index in [1.165, 1.54) is 0 Å². The molecule has 1 aliphatic heterocycles. The molecule has 2 bridgehead atoms. The van der Waals surface area contributed by atoms with Crippen molar-refractivity contribution in [2.24, 2.45) is 11.7 Å². The van der Waals surface area contributed by atoms with Crippen LogP contribution in [0, 0.1) is 12.8 Å². The monoisotopic (exact) mass is 457 g/mol. The van der Waals surface area contributed by atoms with E-state index in [-0.39, 0.29) is 22.8 Å². The number of carbonyl (C=O) groups is 2. The number of carboxylic acid groups (broad SMARTS) is 1. The Labute approximate surface area is 178 Å². The average molecular weight is 457 g/mol. The number of halogens is 3. The fourth-order valence-electron chi connectivity index (χ4n) is 4.51. The number of pyridine rings is 1. The van der Waals surface area contributed by atoms with Crippen LogP contribution in [0.4, 0.5) is 13.2 Å². The molecule has 1 saturated heterocycles. The number of aryl methyl sites for hydroxylation is 1. The molecule has 5 N–H and O–H groups in total. The second-order valence-corrected chi connectivity index (χ2v) is 8.07. The molecule has 174 valence electrons. The summed E-state index contributed by atoms with van der Waals surface area (Å²) in [5.74, 6) is -2.45. The summed E-state index contributed by atoms with van der Waals surface area (Å²) in [7, 11) is 0. The number of fused-ring (bicyclic) bond motifs is 3. The predicted molar refractivity (Wildman–Crippen MR) is 106 cm³/mol. The Kier molecular flexibility index (Phi) is 6.13. The standard InChI is InChI=1S/C17H21N5O3.C2HF3O2/c1-9-5-11(19-13-12(9)14(23)21-16(25)20-13)15(24)22-7-10-3-2-4-17(22,6-10)8-18;3-2(4,5)1(6)7/h5,10H,2-4,6-8,18H2,1H3,(H2,19,20,21,23,25);(H,6,7).